The summed E-state index contributed by atoms with van der Waals surface area (Å²) in [4.78, 5) is 14.4. The van der Waals surface area contributed by atoms with Crippen molar-refractivity contribution in [3.63, 3.8) is 0 Å². The van der Waals surface area contributed by atoms with Crippen LogP contribution in [-0.2, 0) is 4.74 Å². The number of hydrogen-bond donors (Lipinski definition) is 1. The van der Waals surface area contributed by atoms with Crippen molar-refractivity contribution < 1.29 is 14.6 Å². The van der Waals surface area contributed by atoms with E-state index in [2.05, 4.69) is 25.7 Å². The number of aliphatic hydroxyl groups excluding tert-OH is 1. The predicted octanol–water partition coefficient (Wildman–Crippen LogP) is 1.78. The highest BCUT2D eigenvalue weighted by Crippen LogP contribution is 2.10. The van der Waals surface area contributed by atoms with Crippen LogP contribution in [0.1, 0.15) is 29.8 Å². The fourth-order valence-corrected chi connectivity index (χ4v) is 1.97. The van der Waals surface area contributed by atoms with Crippen LogP contribution in [0.4, 0.5) is 0 Å². The number of carbonyl (C=O) groups is 1. The van der Waals surface area contributed by atoms with E-state index < -0.39 is 0 Å². The Morgan fingerprint density at radius 2 is 2.19 bits per heavy atom. The number of methoxy groups -OCH3 is 1. The third-order valence-electron chi connectivity index (χ3n) is 2.86. The molecule has 1 rings (SSSR count). The summed E-state index contributed by atoms with van der Waals surface area (Å²) in [5.74, 6) is 5.78. The minimum absolute atomic E-state index is 0.0200. The smallest absolute Gasteiger partial charge is 0.253 e. The molecule has 114 valence electrons. The summed E-state index contributed by atoms with van der Waals surface area (Å²) in [5, 5.41) is 8.73. The molecule has 21 heavy (non-hydrogen) atoms. The predicted molar refractivity (Wildman–Crippen MR) is 83.0 cm³/mol. The first kappa shape index (κ1) is 17.2. The zero-order valence-electron chi connectivity index (χ0n) is 12.9. The van der Waals surface area contributed by atoms with Gasteiger partial charge in [0, 0.05) is 31.3 Å². The van der Waals surface area contributed by atoms with E-state index in [1.807, 2.05) is 6.07 Å². The Labute approximate surface area is 126 Å². The number of nitrogens with zero attached hydrogens (tertiary/aromatic N) is 1. The van der Waals surface area contributed by atoms with Gasteiger partial charge < -0.3 is 14.7 Å². The number of hydrogen-bond acceptors (Lipinski definition) is 3. The minimum Gasteiger partial charge on any atom is -0.384 e. The van der Waals surface area contributed by atoms with Crippen LogP contribution in [0.25, 0.3) is 0 Å². The molecule has 0 atom stereocenters. The molecule has 1 aromatic carbocycles. The Kier molecular flexibility index (Phi) is 7.52. The summed E-state index contributed by atoms with van der Waals surface area (Å²) in [6.07, 6.45) is 0. The average molecular weight is 289 g/mol. The maximum atomic E-state index is 12.6. The van der Waals surface area contributed by atoms with Gasteiger partial charge in [-0.25, -0.2) is 0 Å². The minimum atomic E-state index is -0.189. The summed E-state index contributed by atoms with van der Waals surface area (Å²) in [5.41, 5.74) is 1.34. The Bertz CT molecular complexity index is 514. The standard InChI is InChI=1S/C17H23NO3/c1-14(2)13-18(9-11-21-3)17(20)16-8-4-6-15(12-16)7-5-10-19/h4,6,8,12,14,19H,9-11,13H2,1-3H3. The van der Waals surface area contributed by atoms with E-state index in [1.165, 1.54) is 0 Å². The van der Waals surface area contributed by atoms with E-state index >= 15 is 0 Å². The number of amides is 1. The van der Waals surface area contributed by atoms with Crippen LogP contribution in [0.3, 0.4) is 0 Å². The van der Waals surface area contributed by atoms with Gasteiger partial charge in [0.05, 0.1) is 6.61 Å². The summed E-state index contributed by atoms with van der Waals surface area (Å²) < 4.78 is 5.07. The molecule has 4 heteroatoms. The second-order valence-corrected chi connectivity index (χ2v) is 5.18. The van der Waals surface area contributed by atoms with Gasteiger partial charge in [-0.3, -0.25) is 4.79 Å². The van der Waals surface area contributed by atoms with E-state index in [1.54, 1.807) is 30.2 Å². The highest BCUT2D eigenvalue weighted by Gasteiger charge is 2.16. The van der Waals surface area contributed by atoms with Crippen molar-refractivity contribution in [1.29, 1.82) is 0 Å². The third-order valence-corrected chi connectivity index (χ3v) is 2.86. The molecule has 0 aliphatic carbocycles. The van der Waals surface area contributed by atoms with Crippen molar-refractivity contribution in [2.24, 2.45) is 5.92 Å². The van der Waals surface area contributed by atoms with Crippen molar-refractivity contribution >= 4 is 5.91 Å². The molecule has 0 aromatic heterocycles. The van der Waals surface area contributed by atoms with Crippen molar-refractivity contribution in [2.45, 2.75) is 13.8 Å². The van der Waals surface area contributed by atoms with Gasteiger partial charge in [-0.05, 0) is 24.1 Å². The Morgan fingerprint density at radius 3 is 2.81 bits per heavy atom. The van der Waals surface area contributed by atoms with Gasteiger partial charge in [0.1, 0.15) is 6.61 Å². The van der Waals surface area contributed by atoms with E-state index in [0.29, 0.717) is 31.2 Å². The lowest BCUT2D eigenvalue weighted by atomic mass is 10.1. The maximum absolute atomic E-state index is 12.6. The first-order chi connectivity index (χ1) is 10.1. The normalized spacial score (nSPS) is 10.1. The lowest BCUT2D eigenvalue weighted by molar-refractivity contribution is 0.0672. The van der Waals surface area contributed by atoms with E-state index in [4.69, 9.17) is 9.84 Å². The van der Waals surface area contributed by atoms with Crippen LogP contribution >= 0.6 is 0 Å². The molecule has 0 saturated carbocycles. The Morgan fingerprint density at radius 1 is 1.43 bits per heavy atom. The van der Waals surface area contributed by atoms with Crippen LogP contribution in [-0.4, -0.2) is 49.3 Å². The number of rotatable bonds is 6. The van der Waals surface area contributed by atoms with E-state index in [-0.39, 0.29) is 12.5 Å². The van der Waals surface area contributed by atoms with Crippen molar-refractivity contribution in [1.82, 2.24) is 4.90 Å². The Balaban J connectivity index is 2.91. The number of benzene rings is 1. The lowest BCUT2D eigenvalue weighted by Crippen LogP contribution is -2.36. The molecule has 1 aromatic rings. The van der Waals surface area contributed by atoms with Crippen LogP contribution in [0.2, 0.25) is 0 Å². The van der Waals surface area contributed by atoms with Gasteiger partial charge in [-0.2, -0.15) is 0 Å². The zero-order chi connectivity index (χ0) is 15.7. The number of carbonyl (C=O) groups excluding carboxylic acids is 1. The molecule has 4 nitrogen and oxygen atoms in total. The first-order valence-electron chi connectivity index (χ1n) is 7.06. The maximum Gasteiger partial charge on any atom is 0.253 e. The number of ether oxygens (including phenoxy) is 1. The van der Waals surface area contributed by atoms with Gasteiger partial charge >= 0.3 is 0 Å². The largest absolute Gasteiger partial charge is 0.384 e. The van der Waals surface area contributed by atoms with Crippen LogP contribution < -0.4 is 0 Å². The van der Waals surface area contributed by atoms with Crippen molar-refractivity contribution in [2.75, 3.05) is 33.4 Å². The molecule has 0 radical (unpaired) electrons. The Hall–Kier alpha value is -1.83. The van der Waals surface area contributed by atoms with E-state index in [9.17, 15) is 4.79 Å². The van der Waals surface area contributed by atoms with Crippen LogP contribution in [0.15, 0.2) is 24.3 Å². The third kappa shape index (κ3) is 5.99. The molecule has 1 amide bonds. The lowest BCUT2D eigenvalue weighted by Gasteiger charge is -2.24. The topological polar surface area (TPSA) is 49.8 Å². The highest BCUT2D eigenvalue weighted by molar-refractivity contribution is 5.94. The van der Waals surface area contributed by atoms with E-state index in [0.717, 1.165) is 5.56 Å². The van der Waals surface area contributed by atoms with Gasteiger partial charge in [-0.15, -0.1) is 0 Å². The second-order valence-electron chi connectivity index (χ2n) is 5.18. The van der Waals surface area contributed by atoms with Crippen LogP contribution in [0, 0.1) is 17.8 Å². The molecule has 0 saturated heterocycles. The monoisotopic (exact) mass is 289 g/mol. The SMILES string of the molecule is COCCN(CC(C)C)C(=O)c1cccc(C#CCO)c1. The highest BCUT2D eigenvalue weighted by atomic mass is 16.5. The molecule has 0 spiro atoms. The quantitative estimate of drug-likeness (QED) is 0.812. The summed E-state index contributed by atoms with van der Waals surface area (Å²) >= 11 is 0. The van der Waals surface area contributed by atoms with Gasteiger partial charge in [0.15, 0.2) is 0 Å². The fraction of sp³-hybridized carbons (Fsp3) is 0.471. The van der Waals surface area contributed by atoms with Gasteiger partial charge in [0.2, 0.25) is 0 Å². The zero-order valence-corrected chi connectivity index (χ0v) is 12.9. The van der Waals surface area contributed by atoms with Gasteiger partial charge in [0.25, 0.3) is 5.91 Å². The molecule has 0 heterocycles. The summed E-state index contributed by atoms with van der Waals surface area (Å²) in [7, 11) is 1.63. The molecular weight excluding hydrogens is 266 g/mol. The number of aliphatic hydroxyl groups is 1. The summed E-state index contributed by atoms with van der Waals surface area (Å²) in [6, 6.07) is 7.16. The molecular formula is C17H23NO3. The van der Waals surface area contributed by atoms with Crippen LogP contribution in [0.5, 0.6) is 0 Å². The van der Waals surface area contributed by atoms with Crippen molar-refractivity contribution in [3.05, 3.63) is 35.4 Å². The molecule has 0 aliphatic heterocycles. The van der Waals surface area contributed by atoms with Gasteiger partial charge in [-0.1, -0.05) is 31.8 Å². The second kappa shape index (κ2) is 9.17. The molecule has 0 aliphatic rings. The fourth-order valence-electron chi connectivity index (χ4n) is 1.97. The molecule has 0 fully saturated rings. The molecule has 0 bridgehead atoms. The van der Waals surface area contributed by atoms with Crippen molar-refractivity contribution in [3.8, 4) is 11.8 Å². The molecule has 0 unspecified atom stereocenters. The first-order valence-corrected chi connectivity index (χ1v) is 7.06. The molecule has 1 N–H and O–H groups in total. The average Bonchev–Trinajstić information content (AvgIpc) is 2.48. The summed E-state index contributed by atoms with van der Waals surface area (Å²) in [6.45, 7) is 5.75.